The van der Waals surface area contributed by atoms with Gasteiger partial charge in [0.15, 0.2) is 5.75 Å². The number of methoxy groups -OCH3 is 1. The molecule has 0 radical (unpaired) electrons. The Morgan fingerprint density at radius 2 is 2.00 bits per heavy atom. The van der Waals surface area contributed by atoms with Gasteiger partial charge in [0.2, 0.25) is 0 Å². The summed E-state index contributed by atoms with van der Waals surface area (Å²) in [6, 6.07) is 1.26. The minimum Gasteiger partial charge on any atom is -0.505 e. The van der Waals surface area contributed by atoms with Gasteiger partial charge >= 0.3 is 5.97 Å². The molecule has 0 bridgehead atoms. The number of nitrogens with zero attached hydrogens (tertiary/aromatic N) is 1. The van der Waals surface area contributed by atoms with E-state index in [1.54, 1.807) is 0 Å². The molecule has 0 atom stereocenters. The third-order valence-electron chi connectivity index (χ3n) is 2.85. The number of hydrogen-bond acceptors (Lipinski definition) is 6. The Balaban J connectivity index is 2.39. The van der Waals surface area contributed by atoms with Crippen molar-refractivity contribution in [3.05, 3.63) is 31.6 Å². The number of amides is 2. The summed E-state index contributed by atoms with van der Waals surface area (Å²) in [4.78, 5) is 36.0. The summed E-state index contributed by atoms with van der Waals surface area (Å²) in [6.45, 7) is -0.494. The van der Waals surface area contributed by atoms with Crippen LogP contribution in [0, 0.1) is 0 Å². The molecular weight excluding hydrogens is 389 g/mol. The maximum atomic E-state index is 12.2. The number of carbonyl (C=O) groups is 3. The number of esters is 1. The topological polar surface area (TPSA) is 83.9 Å². The molecule has 2 amide bonds. The molecule has 122 valence electrons. The standard InChI is InChI=1S/C13H8Cl3NO5S/c1-22-9(18)4-17-12(20)8(23-13(17)21)2-5-6(14)3-7(15)11(19)10(5)16/h2-3,19H,4H2,1H3/b8-2-. The van der Waals surface area contributed by atoms with Crippen molar-refractivity contribution < 1.29 is 24.2 Å². The van der Waals surface area contributed by atoms with Crippen molar-refractivity contribution >= 4 is 69.8 Å². The number of phenols is 1. The van der Waals surface area contributed by atoms with E-state index in [0.29, 0.717) is 11.8 Å². The van der Waals surface area contributed by atoms with Crippen LogP contribution in [0.15, 0.2) is 11.0 Å². The highest BCUT2D eigenvalue weighted by molar-refractivity contribution is 8.18. The molecule has 1 aromatic carbocycles. The van der Waals surface area contributed by atoms with Crippen LogP contribution in [0.5, 0.6) is 5.75 Å². The molecule has 0 spiro atoms. The first-order chi connectivity index (χ1) is 10.8. The predicted molar refractivity (Wildman–Crippen MR) is 87.8 cm³/mol. The highest BCUT2D eigenvalue weighted by Gasteiger charge is 2.36. The third kappa shape index (κ3) is 3.58. The number of aromatic hydroxyl groups is 1. The molecule has 1 aromatic rings. The zero-order valence-corrected chi connectivity index (χ0v) is 14.5. The number of thioether (sulfide) groups is 1. The zero-order chi connectivity index (χ0) is 17.3. The Bertz CT molecular complexity index is 750. The highest BCUT2D eigenvalue weighted by atomic mass is 35.5. The number of ether oxygens (including phenoxy) is 1. The zero-order valence-electron chi connectivity index (χ0n) is 11.4. The van der Waals surface area contributed by atoms with Crippen LogP contribution in [0.1, 0.15) is 5.56 Å². The lowest BCUT2D eigenvalue weighted by molar-refractivity contribution is -0.143. The first kappa shape index (κ1) is 17.9. The van der Waals surface area contributed by atoms with Gasteiger partial charge in [0, 0.05) is 5.56 Å². The molecule has 6 nitrogen and oxygen atoms in total. The average Bonchev–Trinajstić information content (AvgIpc) is 2.76. The molecule has 1 aliphatic heterocycles. The lowest BCUT2D eigenvalue weighted by Crippen LogP contribution is -2.34. The van der Waals surface area contributed by atoms with Gasteiger partial charge in [-0.2, -0.15) is 0 Å². The summed E-state index contributed by atoms with van der Waals surface area (Å²) in [5, 5.41) is 9.00. The molecule has 23 heavy (non-hydrogen) atoms. The minimum absolute atomic E-state index is 0.00410. The van der Waals surface area contributed by atoms with Crippen LogP contribution >= 0.6 is 46.6 Å². The number of benzene rings is 1. The van der Waals surface area contributed by atoms with E-state index in [4.69, 9.17) is 34.8 Å². The number of hydrogen-bond donors (Lipinski definition) is 1. The monoisotopic (exact) mass is 395 g/mol. The number of rotatable bonds is 3. The van der Waals surface area contributed by atoms with Gasteiger partial charge in [-0.1, -0.05) is 34.8 Å². The molecule has 0 aromatic heterocycles. The fourth-order valence-electron chi connectivity index (χ4n) is 1.69. The minimum atomic E-state index is -0.728. The number of phenolic OH excluding ortho intramolecular Hbond substituents is 1. The van der Waals surface area contributed by atoms with Crippen molar-refractivity contribution in [1.82, 2.24) is 4.90 Å². The largest absolute Gasteiger partial charge is 0.505 e. The smallest absolute Gasteiger partial charge is 0.325 e. The first-order valence-electron chi connectivity index (χ1n) is 5.95. The quantitative estimate of drug-likeness (QED) is 0.621. The maximum absolute atomic E-state index is 12.2. The van der Waals surface area contributed by atoms with Gasteiger partial charge in [0.25, 0.3) is 11.1 Å². The summed E-state index contributed by atoms with van der Waals surface area (Å²) in [5.74, 6) is -1.81. The van der Waals surface area contributed by atoms with Crippen LogP contribution < -0.4 is 0 Å². The van der Waals surface area contributed by atoms with Crippen LogP contribution in [0.25, 0.3) is 6.08 Å². The second kappa shape index (κ2) is 7.00. The Morgan fingerprint density at radius 1 is 1.35 bits per heavy atom. The van der Waals surface area contributed by atoms with Gasteiger partial charge in [-0.3, -0.25) is 19.3 Å². The Kier molecular flexibility index (Phi) is 5.46. The van der Waals surface area contributed by atoms with Crippen LogP contribution in [-0.2, 0) is 14.3 Å². The molecule has 0 saturated carbocycles. The average molecular weight is 397 g/mol. The molecule has 2 rings (SSSR count). The summed E-state index contributed by atoms with van der Waals surface area (Å²) in [7, 11) is 1.15. The molecule has 10 heteroatoms. The van der Waals surface area contributed by atoms with E-state index in [9.17, 15) is 19.5 Å². The lowest BCUT2D eigenvalue weighted by atomic mass is 10.2. The second-order valence-electron chi connectivity index (χ2n) is 4.26. The summed E-state index contributed by atoms with van der Waals surface area (Å²) in [6.07, 6.45) is 1.25. The van der Waals surface area contributed by atoms with E-state index < -0.39 is 29.4 Å². The van der Waals surface area contributed by atoms with E-state index in [1.807, 2.05) is 0 Å². The Hall–Kier alpha value is -1.41. The first-order valence-corrected chi connectivity index (χ1v) is 7.90. The van der Waals surface area contributed by atoms with E-state index in [1.165, 1.54) is 12.1 Å². The van der Waals surface area contributed by atoms with E-state index in [-0.39, 0.29) is 25.5 Å². The second-order valence-corrected chi connectivity index (χ2v) is 6.45. The van der Waals surface area contributed by atoms with Crippen molar-refractivity contribution in [1.29, 1.82) is 0 Å². The molecule has 1 fully saturated rings. The van der Waals surface area contributed by atoms with Crippen LogP contribution in [0.4, 0.5) is 4.79 Å². The fraction of sp³-hybridized carbons (Fsp3) is 0.154. The van der Waals surface area contributed by atoms with Gasteiger partial charge in [-0.05, 0) is 23.9 Å². The summed E-state index contributed by atoms with van der Waals surface area (Å²) < 4.78 is 4.43. The predicted octanol–water partition coefficient (Wildman–Crippen LogP) is 3.56. The van der Waals surface area contributed by atoms with Gasteiger partial charge < -0.3 is 9.84 Å². The third-order valence-corrected chi connectivity index (χ3v) is 4.74. The van der Waals surface area contributed by atoms with Crippen LogP contribution in [-0.4, -0.2) is 40.8 Å². The van der Waals surface area contributed by atoms with Crippen molar-refractivity contribution in [2.24, 2.45) is 0 Å². The fourth-order valence-corrected chi connectivity index (χ4v) is 3.38. The summed E-state index contributed by atoms with van der Waals surface area (Å²) in [5.41, 5.74) is 0.138. The molecule has 1 aliphatic rings. The molecular formula is C13H8Cl3NO5S. The van der Waals surface area contributed by atoms with Gasteiger partial charge in [-0.25, -0.2) is 0 Å². The molecule has 0 unspecified atom stereocenters. The van der Waals surface area contributed by atoms with Crippen LogP contribution in [0.3, 0.4) is 0 Å². The van der Waals surface area contributed by atoms with E-state index in [2.05, 4.69) is 4.74 Å². The Morgan fingerprint density at radius 3 is 2.61 bits per heavy atom. The van der Waals surface area contributed by atoms with E-state index in [0.717, 1.165) is 12.0 Å². The number of imide groups is 1. The number of halogens is 3. The van der Waals surface area contributed by atoms with Crippen molar-refractivity contribution in [3.8, 4) is 5.75 Å². The van der Waals surface area contributed by atoms with Crippen molar-refractivity contribution in [2.45, 2.75) is 0 Å². The maximum Gasteiger partial charge on any atom is 0.325 e. The molecule has 1 N–H and O–H groups in total. The van der Waals surface area contributed by atoms with Gasteiger partial charge in [-0.15, -0.1) is 0 Å². The van der Waals surface area contributed by atoms with Crippen molar-refractivity contribution in [3.63, 3.8) is 0 Å². The highest BCUT2D eigenvalue weighted by Crippen LogP contribution is 2.42. The Labute approximate surface area is 149 Å². The normalized spacial score (nSPS) is 16.3. The number of carbonyl (C=O) groups excluding carboxylic acids is 3. The SMILES string of the molecule is COC(=O)CN1C(=O)S/C(=C\c2c(Cl)cc(Cl)c(O)c2Cl)C1=O. The summed E-state index contributed by atoms with van der Waals surface area (Å²) >= 11 is 18.3. The van der Waals surface area contributed by atoms with Gasteiger partial charge in [0.05, 0.1) is 27.1 Å². The van der Waals surface area contributed by atoms with Crippen molar-refractivity contribution in [2.75, 3.05) is 13.7 Å². The molecule has 1 heterocycles. The lowest BCUT2D eigenvalue weighted by Gasteiger charge is -2.10. The van der Waals surface area contributed by atoms with Gasteiger partial charge in [0.1, 0.15) is 6.54 Å². The molecule has 0 aliphatic carbocycles. The molecule has 1 saturated heterocycles. The van der Waals surface area contributed by atoms with E-state index >= 15 is 0 Å². The van der Waals surface area contributed by atoms with Crippen LogP contribution in [0.2, 0.25) is 15.1 Å².